The minimum Gasteiger partial charge on any atom is -0.333 e. The van der Waals surface area contributed by atoms with Crippen LogP contribution in [0, 0.1) is 5.41 Å². The second-order valence-electron chi connectivity index (χ2n) is 4.80. The summed E-state index contributed by atoms with van der Waals surface area (Å²) in [6, 6.07) is 5.99. The van der Waals surface area contributed by atoms with Gasteiger partial charge in [-0.25, -0.2) is 4.79 Å². The number of halogens is 1. The van der Waals surface area contributed by atoms with E-state index in [1.807, 2.05) is 0 Å². The summed E-state index contributed by atoms with van der Waals surface area (Å²) in [5.74, 6) is -1.93. The fourth-order valence-electron chi connectivity index (χ4n) is 1.45. The van der Waals surface area contributed by atoms with Crippen LogP contribution in [0.1, 0.15) is 24.2 Å². The Labute approximate surface area is 132 Å². The van der Waals surface area contributed by atoms with Crippen molar-refractivity contribution in [2.45, 2.75) is 13.8 Å². The van der Waals surface area contributed by atoms with Gasteiger partial charge in [0.1, 0.15) is 5.41 Å². The maximum absolute atomic E-state index is 12.1. The third kappa shape index (κ3) is 4.09. The number of thiocarbonyl (C=S) groups is 1. The van der Waals surface area contributed by atoms with Crippen LogP contribution < -0.4 is 0 Å². The van der Waals surface area contributed by atoms with Gasteiger partial charge in [0, 0.05) is 17.4 Å². The van der Waals surface area contributed by atoms with Crippen molar-refractivity contribution in [2.75, 3.05) is 7.05 Å². The molecule has 0 heterocycles. The molecule has 0 spiro atoms. The van der Waals surface area contributed by atoms with E-state index in [1.54, 1.807) is 0 Å². The minimum atomic E-state index is -1.39. The Hall–Kier alpha value is -1.79. The predicted octanol–water partition coefficient (Wildman–Crippen LogP) is 2.47. The highest BCUT2D eigenvalue weighted by molar-refractivity contribution is 7.80. The second-order valence-corrected chi connectivity index (χ2v) is 5.47. The Bertz CT molecular complexity index is 583. The fourth-order valence-corrected chi connectivity index (χ4v) is 1.87. The lowest BCUT2D eigenvalue weighted by Gasteiger charge is -2.25. The van der Waals surface area contributed by atoms with Crippen LogP contribution in [0.4, 0.5) is 0 Å². The van der Waals surface area contributed by atoms with Gasteiger partial charge in [0.2, 0.25) is 0 Å². The average Bonchev–Trinajstić information content (AvgIpc) is 2.45. The van der Waals surface area contributed by atoms with Gasteiger partial charge in [-0.3, -0.25) is 9.59 Å². The maximum atomic E-state index is 12.1. The molecule has 0 radical (unpaired) electrons. The number of benzene rings is 1. The van der Waals surface area contributed by atoms with Crippen molar-refractivity contribution in [1.82, 2.24) is 5.06 Å². The van der Waals surface area contributed by atoms with Gasteiger partial charge in [0.15, 0.2) is 5.78 Å². The smallest absolute Gasteiger partial charge is 0.333 e. The Morgan fingerprint density at radius 1 is 1.24 bits per heavy atom. The summed E-state index contributed by atoms with van der Waals surface area (Å²) in [4.78, 5) is 40.5. The van der Waals surface area contributed by atoms with E-state index in [1.165, 1.54) is 45.2 Å². The lowest BCUT2D eigenvalue weighted by molar-refractivity contribution is -0.172. The molecule has 1 amide bonds. The first kappa shape index (κ1) is 17.3. The molecule has 0 aromatic heterocycles. The molecular formula is C14H14ClNO4S. The molecule has 0 aliphatic heterocycles. The molecule has 1 aromatic rings. The number of hydrogen-bond acceptors (Lipinski definition) is 5. The van der Waals surface area contributed by atoms with E-state index in [9.17, 15) is 14.4 Å². The number of carbonyl (C=O) groups is 3. The maximum Gasteiger partial charge on any atom is 0.363 e. The molecule has 0 atom stereocenters. The summed E-state index contributed by atoms with van der Waals surface area (Å²) in [7, 11) is 1.26. The topological polar surface area (TPSA) is 63.7 Å². The van der Waals surface area contributed by atoms with Crippen LogP contribution in [0.3, 0.4) is 0 Å². The minimum absolute atomic E-state index is 0.234. The van der Waals surface area contributed by atoms with Gasteiger partial charge in [-0.05, 0) is 38.1 Å². The number of nitrogens with zero attached hydrogens (tertiary/aromatic N) is 1. The van der Waals surface area contributed by atoms with Gasteiger partial charge in [0.25, 0.3) is 5.91 Å². The first-order valence-corrected chi connectivity index (χ1v) is 6.80. The normalized spacial score (nSPS) is 10.7. The molecule has 1 aromatic carbocycles. The van der Waals surface area contributed by atoms with Gasteiger partial charge in [0.05, 0.1) is 5.56 Å². The summed E-state index contributed by atoms with van der Waals surface area (Å²) in [6.45, 7) is 2.82. The molecular weight excluding hydrogens is 314 g/mol. The van der Waals surface area contributed by atoms with Crippen molar-refractivity contribution >= 4 is 46.8 Å². The Kier molecular flexibility index (Phi) is 5.57. The van der Waals surface area contributed by atoms with E-state index in [0.717, 1.165) is 10.4 Å². The number of hydroxylamine groups is 2. The van der Waals surface area contributed by atoms with Crippen molar-refractivity contribution in [3.8, 4) is 0 Å². The summed E-state index contributed by atoms with van der Waals surface area (Å²) in [5, 5.41) is 2.10. The van der Waals surface area contributed by atoms with Crippen LogP contribution in [0.2, 0.25) is 5.02 Å². The van der Waals surface area contributed by atoms with Crippen LogP contribution >= 0.6 is 23.8 Å². The summed E-state index contributed by atoms with van der Waals surface area (Å²) >= 11 is 10.3. The third-order valence-electron chi connectivity index (χ3n) is 2.84. The number of hydrogen-bond donors (Lipinski definition) is 0. The van der Waals surface area contributed by atoms with Crippen LogP contribution in [-0.4, -0.2) is 35.1 Å². The average molecular weight is 328 g/mol. The molecule has 5 nitrogen and oxygen atoms in total. The summed E-state index contributed by atoms with van der Waals surface area (Å²) in [6.07, 6.45) is 0. The standard InChI is InChI=1S/C14H14ClNO4S/c1-14(2,11(17)8-21)13(19)16(3)20-12(18)9-4-6-10(15)7-5-9/h4-8H,1-3H3. The van der Waals surface area contributed by atoms with Crippen molar-refractivity contribution in [1.29, 1.82) is 0 Å². The zero-order valence-corrected chi connectivity index (χ0v) is 13.3. The quantitative estimate of drug-likeness (QED) is 0.483. The fraction of sp³-hybridized carbons (Fsp3) is 0.286. The molecule has 0 fully saturated rings. The van der Waals surface area contributed by atoms with Gasteiger partial charge in [-0.1, -0.05) is 23.8 Å². The van der Waals surface area contributed by atoms with Crippen molar-refractivity contribution in [3.63, 3.8) is 0 Å². The number of ketones is 1. The molecule has 7 heteroatoms. The molecule has 0 bridgehead atoms. The zero-order chi connectivity index (χ0) is 16.2. The predicted molar refractivity (Wildman–Crippen MR) is 82.1 cm³/mol. The van der Waals surface area contributed by atoms with Crippen LogP contribution in [0.5, 0.6) is 0 Å². The highest BCUT2D eigenvalue weighted by atomic mass is 35.5. The lowest BCUT2D eigenvalue weighted by Crippen LogP contribution is -2.44. The SMILES string of the molecule is CN(OC(=O)c1ccc(Cl)cc1)C(=O)C(C)(C)C(=O)C=S. The van der Waals surface area contributed by atoms with Crippen LogP contribution in [0.15, 0.2) is 24.3 Å². The molecule has 0 saturated heterocycles. The van der Waals surface area contributed by atoms with Gasteiger partial charge >= 0.3 is 5.97 Å². The Balaban J connectivity index is 2.81. The Morgan fingerprint density at radius 3 is 2.24 bits per heavy atom. The number of carbonyl (C=O) groups excluding carboxylic acids is 3. The second kappa shape index (κ2) is 6.78. The first-order valence-electron chi connectivity index (χ1n) is 5.95. The molecule has 112 valence electrons. The molecule has 21 heavy (non-hydrogen) atoms. The van der Waals surface area contributed by atoms with Crippen molar-refractivity contribution < 1.29 is 19.2 Å². The highest BCUT2D eigenvalue weighted by Gasteiger charge is 2.38. The van der Waals surface area contributed by atoms with E-state index < -0.39 is 23.1 Å². The number of amides is 1. The number of rotatable bonds is 4. The van der Waals surface area contributed by atoms with E-state index in [2.05, 4.69) is 12.2 Å². The largest absolute Gasteiger partial charge is 0.363 e. The molecule has 1 rings (SSSR count). The first-order chi connectivity index (χ1) is 9.70. The zero-order valence-electron chi connectivity index (χ0n) is 11.8. The third-order valence-corrected chi connectivity index (χ3v) is 3.31. The molecule has 0 saturated carbocycles. The van der Waals surface area contributed by atoms with E-state index in [0.29, 0.717) is 5.02 Å². The van der Waals surface area contributed by atoms with E-state index >= 15 is 0 Å². The summed E-state index contributed by atoms with van der Waals surface area (Å²) in [5.41, 5.74) is -1.16. The number of Topliss-reactive ketones (excluding diaryl/α,β-unsaturated/α-hetero) is 1. The van der Waals surface area contributed by atoms with Crippen molar-refractivity contribution in [3.05, 3.63) is 34.9 Å². The van der Waals surface area contributed by atoms with Gasteiger partial charge in [-0.2, -0.15) is 5.06 Å². The van der Waals surface area contributed by atoms with Crippen LogP contribution in [-0.2, 0) is 14.4 Å². The monoisotopic (exact) mass is 327 g/mol. The summed E-state index contributed by atoms with van der Waals surface area (Å²) < 4.78 is 0. The van der Waals surface area contributed by atoms with Crippen molar-refractivity contribution in [2.24, 2.45) is 5.41 Å². The molecule has 0 aliphatic carbocycles. The molecule has 0 N–H and O–H groups in total. The van der Waals surface area contributed by atoms with Crippen LogP contribution in [0.25, 0.3) is 0 Å². The lowest BCUT2D eigenvalue weighted by atomic mass is 9.88. The van der Waals surface area contributed by atoms with E-state index in [4.69, 9.17) is 16.4 Å². The van der Waals surface area contributed by atoms with Gasteiger partial charge < -0.3 is 4.84 Å². The molecule has 0 aliphatic rings. The van der Waals surface area contributed by atoms with Gasteiger partial charge in [-0.15, -0.1) is 0 Å². The Morgan fingerprint density at radius 2 is 1.76 bits per heavy atom. The molecule has 0 unspecified atom stereocenters. The van der Waals surface area contributed by atoms with E-state index in [-0.39, 0.29) is 5.56 Å². The highest BCUT2D eigenvalue weighted by Crippen LogP contribution is 2.20.